The Bertz CT molecular complexity index is 256. The van der Waals surface area contributed by atoms with Gasteiger partial charge in [-0.2, -0.15) is 0 Å². The van der Waals surface area contributed by atoms with Crippen molar-refractivity contribution in [3.05, 3.63) is 35.9 Å². The zero-order valence-electron chi connectivity index (χ0n) is 7.16. The molecule has 2 N–H and O–H groups in total. The summed E-state index contributed by atoms with van der Waals surface area (Å²) in [5.74, 6) is 0.0844. The number of nitrogens with two attached hydrogens (primary N) is 1. The van der Waals surface area contributed by atoms with Crippen molar-refractivity contribution in [3.63, 3.8) is 0 Å². The van der Waals surface area contributed by atoms with Gasteiger partial charge in [-0.05, 0) is 5.56 Å². The predicted octanol–water partition coefficient (Wildman–Crippen LogP) is 1.67. The summed E-state index contributed by atoms with van der Waals surface area (Å²) >= 11 is 0. The van der Waals surface area contributed by atoms with Crippen LogP contribution in [0.25, 0.3) is 0 Å². The van der Waals surface area contributed by atoms with E-state index in [-0.39, 0.29) is 5.78 Å². The van der Waals surface area contributed by atoms with Gasteiger partial charge in [-0.1, -0.05) is 37.3 Å². The van der Waals surface area contributed by atoms with Crippen LogP contribution in [-0.4, -0.2) is 5.78 Å². The first-order chi connectivity index (χ1) is 5.75. The lowest BCUT2D eigenvalue weighted by Gasteiger charge is -2.08. The highest BCUT2D eigenvalue weighted by molar-refractivity contribution is 5.84. The molecule has 0 saturated carbocycles. The largest absolute Gasteiger partial charge is 0.318 e. The van der Waals surface area contributed by atoms with E-state index < -0.39 is 6.04 Å². The molecule has 0 radical (unpaired) electrons. The SMILES string of the molecule is CCC(=O)[C@@H](N)c1ccccc1. The number of rotatable bonds is 3. The normalized spacial score (nSPS) is 12.5. The van der Waals surface area contributed by atoms with Gasteiger partial charge in [0.05, 0.1) is 6.04 Å². The molecule has 0 saturated heterocycles. The molecule has 2 nitrogen and oxygen atoms in total. The van der Waals surface area contributed by atoms with Crippen LogP contribution in [0.15, 0.2) is 30.3 Å². The lowest BCUT2D eigenvalue weighted by Crippen LogP contribution is -2.20. The molecular formula is C10H13NO. The minimum atomic E-state index is -0.448. The van der Waals surface area contributed by atoms with E-state index in [0.717, 1.165) is 5.56 Å². The summed E-state index contributed by atoms with van der Waals surface area (Å²) in [6.07, 6.45) is 0.496. The van der Waals surface area contributed by atoms with Crippen LogP contribution in [-0.2, 0) is 4.79 Å². The first kappa shape index (κ1) is 8.94. The Morgan fingerprint density at radius 1 is 1.42 bits per heavy atom. The second kappa shape index (κ2) is 4.02. The average molecular weight is 163 g/mol. The van der Waals surface area contributed by atoms with Gasteiger partial charge in [-0.15, -0.1) is 0 Å². The molecule has 0 bridgehead atoms. The van der Waals surface area contributed by atoms with Gasteiger partial charge in [0.2, 0.25) is 0 Å². The van der Waals surface area contributed by atoms with E-state index in [4.69, 9.17) is 5.73 Å². The molecule has 0 amide bonds. The van der Waals surface area contributed by atoms with Crippen molar-refractivity contribution < 1.29 is 4.79 Å². The second-order valence-corrected chi connectivity index (χ2v) is 2.71. The summed E-state index contributed by atoms with van der Waals surface area (Å²) in [5, 5.41) is 0. The molecule has 12 heavy (non-hydrogen) atoms. The van der Waals surface area contributed by atoms with E-state index in [1.807, 2.05) is 37.3 Å². The molecule has 1 aromatic carbocycles. The van der Waals surface area contributed by atoms with Gasteiger partial charge in [0.25, 0.3) is 0 Å². The molecule has 0 aliphatic rings. The van der Waals surface area contributed by atoms with Crippen LogP contribution in [0.5, 0.6) is 0 Å². The smallest absolute Gasteiger partial charge is 0.153 e. The van der Waals surface area contributed by atoms with Crippen molar-refractivity contribution in [2.24, 2.45) is 5.73 Å². The van der Waals surface area contributed by atoms with Crippen molar-refractivity contribution in [3.8, 4) is 0 Å². The summed E-state index contributed by atoms with van der Waals surface area (Å²) < 4.78 is 0. The molecule has 2 heteroatoms. The fraction of sp³-hybridized carbons (Fsp3) is 0.300. The minimum Gasteiger partial charge on any atom is -0.318 e. The highest BCUT2D eigenvalue weighted by atomic mass is 16.1. The summed E-state index contributed by atoms with van der Waals surface area (Å²) in [7, 11) is 0. The van der Waals surface area contributed by atoms with E-state index >= 15 is 0 Å². The van der Waals surface area contributed by atoms with Crippen molar-refractivity contribution in [2.45, 2.75) is 19.4 Å². The molecule has 1 atom stereocenters. The number of carbonyl (C=O) groups excluding carboxylic acids is 1. The summed E-state index contributed by atoms with van der Waals surface area (Å²) in [4.78, 5) is 11.2. The Kier molecular flexibility index (Phi) is 3.00. The summed E-state index contributed by atoms with van der Waals surface area (Å²) in [6.45, 7) is 1.82. The fourth-order valence-corrected chi connectivity index (χ4v) is 1.07. The van der Waals surface area contributed by atoms with E-state index in [9.17, 15) is 4.79 Å². The molecule has 64 valence electrons. The van der Waals surface area contributed by atoms with Crippen LogP contribution in [0.3, 0.4) is 0 Å². The minimum absolute atomic E-state index is 0.0844. The van der Waals surface area contributed by atoms with Crippen molar-refractivity contribution in [1.82, 2.24) is 0 Å². The Labute approximate surface area is 72.4 Å². The third kappa shape index (κ3) is 1.92. The lowest BCUT2D eigenvalue weighted by molar-refractivity contribution is -0.120. The highest BCUT2D eigenvalue weighted by Gasteiger charge is 2.12. The number of hydrogen-bond acceptors (Lipinski definition) is 2. The molecule has 1 rings (SSSR count). The van der Waals surface area contributed by atoms with Crippen molar-refractivity contribution in [2.75, 3.05) is 0 Å². The van der Waals surface area contributed by atoms with Crippen LogP contribution >= 0.6 is 0 Å². The molecule has 0 unspecified atom stereocenters. The number of benzene rings is 1. The summed E-state index contributed by atoms with van der Waals surface area (Å²) in [5.41, 5.74) is 6.59. The Balaban J connectivity index is 2.78. The van der Waals surface area contributed by atoms with Gasteiger partial charge >= 0.3 is 0 Å². The first-order valence-corrected chi connectivity index (χ1v) is 4.09. The second-order valence-electron chi connectivity index (χ2n) is 2.71. The molecule has 0 aliphatic heterocycles. The first-order valence-electron chi connectivity index (χ1n) is 4.09. The number of Topliss-reactive ketones (excluding diaryl/α,β-unsaturated/α-hetero) is 1. The maximum Gasteiger partial charge on any atom is 0.153 e. The number of hydrogen-bond donors (Lipinski definition) is 1. The lowest BCUT2D eigenvalue weighted by atomic mass is 10.0. The maximum absolute atomic E-state index is 11.2. The molecule has 0 aromatic heterocycles. The van der Waals surface area contributed by atoms with Gasteiger partial charge in [-0.25, -0.2) is 0 Å². The third-order valence-corrected chi connectivity index (χ3v) is 1.85. The van der Waals surface area contributed by atoms with Gasteiger partial charge in [0.15, 0.2) is 5.78 Å². The monoisotopic (exact) mass is 163 g/mol. The van der Waals surface area contributed by atoms with Crippen LogP contribution in [0, 0.1) is 0 Å². The quantitative estimate of drug-likeness (QED) is 0.736. The van der Waals surface area contributed by atoms with Gasteiger partial charge in [-0.3, -0.25) is 4.79 Å². The molecule has 0 spiro atoms. The zero-order valence-corrected chi connectivity index (χ0v) is 7.16. The average Bonchev–Trinajstić information content (AvgIpc) is 2.17. The number of carbonyl (C=O) groups is 1. The fourth-order valence-electron chi connectivity index (χ4n) is 1.07. The third-order valence-electron chi connectivity index (χ3n) is 1.85. The van der Waals surface area contributed by atoms with E-state index in [1.54, 1.807) is 0 Å². The molecule has 0 heterocycles. The standard InChI is InChI=1S/C10H13NO/c1-2-9(12)10(11)8-6-4-3-5-7-8/h3-7,10H,2,11H2,1H3/t10-/m0/s1. The van der Waals surface area contributed by atoms with Gasteiger partial charge in [0, 0.05) is 6.42 Å². The van der Waals surface area contributed by atoms with Crippen LogP contribution < -0.4 is 5.73 Å². The van der Waals surface area contributed by atoms with E-state index in [0.29, 0.717) is 6.42 Å². The van der Waals surface area contributed by atoms with E-state index in [2.05, 4.69) is 0 Å². The topological polar surface area (TPSA) is 43.1 Å². The maximum atomic E-state index is 11.2. The predicted molar refractivity (Wildman–Crippen MR) is 48.7 cm³/mol. The molecular weight excluding hydrogens is 150 g/mol. The summed E-state index contributed by atoms with van der Waals surface area (Å²) in [6, 6.07) is 8.98. The molecule has 0 fully saturated rings. The highest BCUT2D eigenvalue weighted by Crippen LogP contribution is 2.11. The molecule has 1 aromatic rings. The Hall–Kier alpha value is -1.15. The zero-order chi connectivity index (χ0) is 8.97. The Morgan fingerprint density at radius 2 is 2.00 bits per heavy atom. The van der Waals surface area contributed by atoms with Gasteiger partial charge in [0.1, 0.15) is 0 Å². The van der Waals surface area contributed by atoms with Crippen LogP contribution in [0.4, 0.5) is 0 Å². The van der Waals surface area contributed by atoms with Crippen LogP contribution in [0.1, 0.15) is 24.9 Å². The van der Waals surface area contributed by atoms with Gasteiger partial charge < -0.3 is 5.73 Å². The van der Waals surface area contributed by atoms with Crippen LogP contribution in [0.2, 0.25) is 0 Å². The number of ketones is 1. The van der Waals surface area contributed by atoms with Crippen molar-refractivity contribution in [1.29, 1.82) is 0 Å². The Morgan fingerprint density at radius 3 is 2.50 bits per heavy atom. The van der Waals surface area contributed by atoms with E-state index in [1.165, 1.54) is 0 Å². The molecule has 0 aliphatic carbocycles. The van der Waals surface area contributed by atoms with Crippen molar-refractivity contribution >= 4 is 5.78 Å².